The van der Waals surface area contributed by atoms with Gasteiger partial charge < -0.3 is 25.2 Å². The molecule has 3 aromatic rings. The predicted octanol–water partition coefficient (Wildman–Crippen LogP) is 5.85. The Kier molecular flexibility index (Phi) is 10.8. The Hall–Kier alpha value is -3.97. The number of nitrogens with one attached hydrogen (secondary N) is 2. The van der Waals surface area contributed by atoms with Gasteiger partial charge in [0.05, 0.1) is 7.11 Å². The lowest BCUT2D eigenvalue weighted by atomic mass is 10.0. The Morgan fingerprint density at radius 2 is 1.60 bits per heavy atom. The van der Waals surface area contributed by atoms with Crippen LogP contribution in [-0.4, -0.2) is 62.1 Å². The van der Waals surface area contributed by atoms with E-state index in [9.17, 15) is 4.79 Å². The van der Waals surface area contributed by atoms with Gasteiger partial charge in [-0.05, 0) is 86.1 Å². The molecule has 0 radical (unpaired) electrons. The third-order valence-corrected chi connectivity index (χ3v) is 8.30. The molecule has 0 atom stereocenters. The minimum atomic E-state index is 0.434. The molecule has 42 heavy (non-hydrogen) atoms. The van der Waals surface area contributed by atoms with Crippen molar-refractivity contribution >= 4 is 17.8 Å². The molecule has 7 nitrogen and oxygen atoms in total. The molecule has 0 bridgehead atoms. The van der Waals surface area contributed by atoms with Crippen LogP contribution in [0.3, 0.4) is 0 Å². The van der Waals surface area contributed by atoms with E-state index in [4.69, 9.17) is 4.74 Å². The predicted molar refractivity (Wildman–Crippen MR) is 172 cm³/mol. The second kappa shape index (κ2) is 15.3. The Morgan fingerprint density at radius 3 is 2.26 bits per heavy atom. The number of carbonyl (C=O) groups is 1. The van der Waals surface area contributed by atoms with Crippen molar-refractivity contribution < 1.29 is 9.53 Å². The van der Waals surface area contributed by atoms with Gasteiger partial charge in [-0.2, -0.15) is 0 Å². The maximum atomic E-state index is 11.9. The summed E-state index contributed by atoms with van der Waals surface area (Å²) < 4.78 is 5.25. The van der Waals surface area contributed by atoms with Crippen molar-refractivity contribution in [1.29, 1.82) is 0 Å². The Labute approximate surface area is 251 Å². The van der Waals surface area contributed by atoms with Crippen molar-refractivity contribution in [3.8, 4) is 5.75 Å². The number of amides is 1. The number of rotatable bonds is 13. The molecule has 2 aliphatic heterocycles. The maximum Gasteiger partial charge on any atom is 0.214 e. The van der Waals surface area contributed by atoms with Crippen molar-refractivity contribution in [1.82, 2.24) is 15.1 Å². The molecule has 0 aliphatic carbocycles. The first-order valence-electron chi connectivity index (χ1n) is 15.4. The largest absolute Gasteiger partial charge is 0.497 e. The lowest BCUT2D eigenvalue weighted by Gasteiger charge is -2.34. The number of hydrogen-bond acceptors (Lipinski definition) is 6. The lowest BCUT2D eigenvalue weighted by Crippen LogP contribution is -2.43. The van der Waals surface area contributed by atoms with Crippen molar-refractivity contribution in [2.45, 2.75) is 51.1 Å². The van der Waals surface area contributed by atoms with E-state index < -0.39 is 0 Å². The molecule has 0 saturated carbocycles. The Morgan fingerprint density at radius 1 is 0.881 bits per heavy atom. The minimum absolute atomic E-state index is 0.434. The highest BCUT2D eigenvalue weighted by atomic mass is 16.5. The summed E-state index contributed by atoms with van der Waals surface area (Å²) in [7, 11) is 1.67. The van der Waals surface area contributed by atoms with Crippen LogP contribution in [0, 0.1) is 0 Å². The third kappa shape index (κ3) is 8.76. The zero-order valence-corrected chi connectivity index (χ0v) is 24.9. The third-order valence-electron chi connectivity index (χ3n) is 8.30. The van der Waals surface area contributed by atoms with Crippen LogP contribution in [0.1, 0.15) is 43.2 Å². The molecule has 2 heterocycles. The SMILES string of the molecule is COc1ccc(CCN(C=O)c2ccc(N/C(=C/N3CCCCC3)NC3CCN(Cc4ccccc4)CC3)cc2)cc1. The molecule has 0 aromatic heterocycles. The molecule has 2 aliphatic rings. The summed E-state index contributed by atoms with van der Waals surface area (Å²) in [6.07, 6.45) is 10.0. The summed E-state index contributed by atoms with van der Waals surface area (Å²) in [5.74, 6) is 1.89. The van der Waals surface area contributed by atoms with Crippen LogP contribution in [0.4, 0.5) is 11.4 Å². The molecule has 2 N–H and O–H groups in total. The highest BCUT2D eigenvalue weighted by molar-refractivity contribution is 5.76. The fourth-order valence-corrected chi connectivity index (χ4v) is 5.81. The van der Waals surface area contributed by atoms with Gasteiger partial charge in [-0.1, -0.05) is 42.5 Å². The topological polar surface area (TPSA) is 60.1 Å². The fraction of sp³-hybridized carbons (Fsp3) is 0.400. The fourth-order valence-electron chi connectivity index (χ4n) is 5.81. The number of ether oxygens (including phenoxy) is 1. The van der Waals surface area contributed by atoms with Crippen molar-refractivity contribution in [2.75, 3.05) is 50.1 Å². The maximum absolute atomic E-state index is 11.9. The smallest absolute Gasteiger partial charge is 0.214 e. The number of anilines is 2. The van der Waals surface area contributed by atoms with Crippen molar-refractivity contribution in [3.05, 3.63) is 102 Å². The lowest BCUT2D eigenvalue weighted by molar-refractivity contribution is -0.107. The number of nitrogens with zero attached hydrogens (tertiary/aromatic N) is 3. The van der Waals surface area contributed by atoms with Crippen LogP contribution in [-0.2, 0) is 17.8 Å². The summed E-state index contributed by atoms with van der Waals surface area (Å²) >= 11 is 0. The van der Waals surface area contributed by atoms with E-state index in [1.807, 2.05) is 36.4 Å². The molecule has 0 unspecified atom stereocenters. The Bertz CT molecular complexity index is 1250. The summed E-state index contributed by atoms with van der Waals surface area (Å²) in [6, 6.07) is 27.4. The molecule has 2 fully saturated rings. The molecule has 3 aromatic carbocycles. The van der Waals surface area contributed by atoms with Crippen LogP contribution in [0.15, 0.2) is 90.9 Å². The highest BCUT2D eigenvalue weighted by Crippen LogP contribution is 2.21. The normalized spacial score (nSPS) is 16.6. The van der Waals surface area contributed by atoms with Gasteiger partial charge in [0.1, 0.15) is 11.6 Å². The van der Waals surface area contributed by atoms with Gasteiger partial charge in [0, 0.05) is 62.9 Å². The molecule has 222 valence electrons. The van der Waals surface area contributed by atoms with Gasteiger partial charge in [0.25, 0.3) is 0 Å². The summed E-state index contributed by atoms with van der Waals surface area (Å²) in [4.78, 5) is 18.7. The van der Waals surface area contributed by atoms with Crippen molar-refractivity contribution in [3.63, 3.8) is 0 Å². The average Bonchev–Trinajstić information content (AvgIpc) is 3.04. The first kappa shape index (κ1) is 29.5. The van der Waals surface area contributed by atoms with E-state index >= 15 is 0 Å². The van der Waals surface area contributed by atoms with Gasteiger partial charge in [0.2, 0.25) is 6.41 Å². The number of likely N-dealkylation sites (tertiary alicyclic amines) is 2. The quantitative estimate of drug-likeness (QED) is 0.253. The van der Waals surface area contributed by atoms with Gasteiger partial charge in [-0.3, -0.25) is 9.69 Å². The zero-order chi connectivity index (χ0) is 29.0. The van der Waals surface area contributed by atoms with Gasteiger partial charge in [-0.15, -0.1) is 0 Å². The monoisotopic (exact) mass is 567 g/mol. The van der Waals surface area contributed by atoms with Gasteiger partial charge >= 0.3 is 0 Å². The summed E-state index contributed by atoms with van der Waals surface area (Å²) in [5, 5.41) is 7.49. The molecule has 7 heteroatoms. The van der Waals surface area contributed by atoms with Gasteiger partial charge in [0.15, 0.2) is 0 Å². The van der Waals surface area contributed by atoms with E-state index in [-0.39, 0.29) is 0 Å². The second-order valence-corrected chi connectivity index (χ2v) is 11.4. The van der Waals surface area contributed by atoms with Crippen LogP contribution < -0.4 is 20.3 Å². The molecule has 0 spiro atoms. The van der Waals surface area contributed by atoms with E-state index in [1.54, 1.807) is 12.0 Å². The zero-order valence-electron chi connectivity index (χ0n) is 24.9. The summed E-state index contributed by atoms with van der Waals surface area (Å²) in [6.45, 7) is 6.03. The van der Waals surface area contributed by atoms with E-state index in [0.29, 0.717) is 12.6 Å². The van der Waals surface area contributed by atoms with Crippen LogP contribution in [0.25, 0.3) is 0 Å². The number of benzene rings is 3. The number of piperidine rings is 2. The molecule has 2 saturated heterocycles. The van der Waals surface area contributed by atoms with Crippen molar-refractivity contribution in [2.24, 2.45) is 0 Å². The molecular formula is C35H45N5O2. The van der Waals surface area contributed by atoms with E-state index in [0.717, 1.165) is 81.3 Å². The minimum Gasteiger partial charge on any atom is -0.497 e. The van der Waals surface area contributed by atoms with E-state index in [2.05, 4.69) is 69.1 Å². The second-order valence-electron chi connectivity index (χ2n) is 11.4. The average molecular weight is 568 g/mol. The Balaban J connectivity index is 1.18. The number of hydrogen-bond donors (Lipinski definition) is 2. The van der Waals surface area contributed by atoms with Crippen LogP contribution in [0.2, 0.25) is 0 Å². The number of methoxy groups -OCH3 is 1. The van der Waals surface area contributed by atoms with Crippen LogP contribution >= 0.6 is 0 Å². The number of carbonyl (C=O) groups excluding carboxylic acids is 1. The molecule has 1 amide bonds. The van der Waals surface area contributed by atoms with Gasteiger partial charge in [-0.25, -0.2) is 0 Å². The van der Waals surface area contributed by atoms with E-state index in [1.165, 1.54) is 30.4 Å². The molecule has 5 rings (SSSR count). The molecular weight excluding hydrogens is 522 g/mol. The first-order chi connectivity index (χ1) is 20.7. The summed E-state index contributed by atoms with van der Waals surface area (Å²) in [5.41, 5.74) is 4.46. The standard InChI is InChI=1S/C35H45N5O2/c1-42-34-16-10-29(11-17-34)18-25-40(28-41)33-14-12-31(13-15-33)36-35(27-38-21-6-3-7-22-38)37-32-19-23-39(24-20-32)26-30-8-4-2-5-9-30/h2,4-5,8-17,27-28,32,36-37H,3,6-7,18-26H2,1H3/b35-27-. The van der Waals surface area contributed by atoms with Crippen LogP contribution in [0.5, 0.6) is 5.75 Å². The highest BCUT2D eigenvalue weighted by Gasteiger charge is 2.20. The first-order valence-corrected chi connectivity index (χ1v) is 15.4.